The zero-order chi connectivity index (χ0) is 15.7. The van der Waals surface area contributed by atoms with Gasteiger partial charge in [0.25, 0.3) is 0 Å². The largest absolute Gasteiger partial charge is 0.300 e. The highest BCUT2D eigenvalue weighted by Crippen LogP contribution is 2.37. The number of ketones is 1. The summed E-state index contributed by atoms with van der Waals surface area (Å²) >= 11 is 14.0. The number of halogens is 2. The van der Waals surface area contributed by atoms with Crippen LogP contribution in [0.25, 0.3) is 0 Å². The van der Waals surface area contributed by atoms with E-state index in [1.165, 1.54) is 12.8 Å². The van der Waals surface area contributed by atoms with Crippen molar-refractivity contribution in [3.05, 3.63) is 33.8 Å². The van der Waals surface area contributed by atoms with E-state index in [1.54, 1.807) is 17.8 Å². The highest BCUT2D eigenvalue weighted by Gasteiger charge is 2.18. The first-order valence-corrected chi connectivity index (χ1v) is 9.47. The van der Waals surface area contributed by atoms with Gasteiger partial charge in [-0.2, -0.15) is 11.8 Å². The predicted molar refractivity (Wildman–Crippen MR) is 95.7 cm³/mol. The van der Waals surface area contributed by atoms with E-state index in [4.69, 9.17) is 23.2 Å². The molecule has 0 spiro atoms. The van der Waals surface area contributed by atoms with E-state index in [0.29, 0.717) is 28.7 Å². The van der Waals surface area contributed by atoms with Gasteiger partial charge in [0.05, 0.1) is 0 Å². The second-order valence-corrected chi connectivity index (χ2v) is 7.49. The molecule has 1 atom stereocenters. The van der Waals surface area contributed by atoms with Gasteiger partial charge in [-0.1, -0.05) is 62.4 Å². The first-order chi connectivity index (χ1) is 10.1. The summed E-state index contributed by atoms with van der Waals surface area (Å²) in [4.78, 5) is 12.2. The topological polar surface area (TPSA) is 17.1 Å². The number of benzene rings is 1. The Labute approximate surface area is 142 Å². The minimum atomic E-state index is 0.137. The molecule has 1 aromatic rings. The molecule has 0 fully saturated rings. The first-order valence-electron chi connectivity index (χ1n) is 7.66. The van der Waals surface area contributed by atoms with Crippen molar-refractivity contribution in [1.82, 2.24) is 0 Å². The lowest BCUT2D eigenvalue weighted by atomic mass is 10.0. The molecule has 0 N–H and O–H groups in total. The fourth-order valence-corrected chi connectivity index (χ4v) is 3.98. The van der Waals surface area contributed by atoms with Crippen molar-refractivity contribution in [2.75, 3.05) is 5.75 Å². The minimum Gasteiger partial charge on any atom is -0.300 e. The molecule has 0 aliphatic rings. The molecule has 1 aromatic carbocycles. The SMILES string of the molecule is CCCCCCC(=O)C[C@H](SCC)c1ccc(Cl)cc1Cl. The van der Waals surface area contributed by atoms with Crippen LogP contribution in [0.1, 0.15) is 63.2 Å². The molecule has 0 aliphatic carbocycles. The Balaban J connectivity index is 2.62. The summed E-state index contributed by atoms with van der Waals surface area (Å²) in [6.07, 6.45) is 5.81. The van der Waals surface area contributed by atoms with Crippen molar-refractivity contribution in [2.24, 2.45) is 0 Å². The van der Waals surface area contributed by atoms with Gasteiger partial charge in [0.2, 0.25) is 0 Å². The van der Waals surface area contributed by atoms with Crippen molar-refractivity contribution < 1.29 is 4.79 Å². The third-order valence-electron chi connectivity index (χ3n) is 3.40. The van der Waals surface area contributed by atoms with Crippen LogP contribution in [-0.4, -0.2) is 11.5 Å². The van der Waals surface area contributed by atoms with Crippen LogP contribution in [-0.2, 0) is 4.79 Å². The number of carbonyl (C=O) groups excluding carboxylic acids is 1. The van der Waals surface area contributed by atoms with Crippen LogP contribution in [0, 0.1) is 0 Å². The Morgan fingerprint density at radius 2 is 1.95 bits per heavy atom. The molecule has 21 heavy (non-hydrogen) atoms. The molecule has 0 saturated carbocycles. The van der Waals surface area contributed by atoms with E-state index in [-0.39, 0.29) is 5.25 Å². The molecular weight excluding hydrogens is 323 g/mol. The standard InChI is InChI=1S/C17H24Cl2OS/c1-3-5-6-7-8-14(20)12-17(21-4-2)15-10-9-13(18)11-16(15)19/h9-11,17H,3-8,12H2,1-2H3/t17-/m0/s1. The van der Waals surface area contributed by atoms with Gasteiger partial charge in [-0.05, 0) is 29.9 Å². The fourth-order valence-electron chi connectivity index (χ4n) is 2.28. The molecule has 1 nitrogen and oxygen atoms in total. The molecular formula is C17H24Cl2OS. The number of thioether (sulfide) groups is 1. The zero-order valence-electron chi connectivity index (χ0n) is 12.8. The summed E-state index contributed by atoms with van der Waals surface area (Å²) < 4.78 is 0. The third kappa shape index (κ3) is 7.08. The van der Waals surface area contributed by atoms with Crippen molar-refractivity contribution >= 4 is 40.7 Å². The van der Waals surface area contributed by atoms with Crippen molar-refractivity contribution in [3.63, 3.8) is 0 Å². The highest BCUT2D eigenvalue weighted by atomic mass is 35.5. The van der Waals surface area contributed by atoms with Crippen molar-refractivity contribution in [1.29, 1.82) is 0 Å². The number of rotatable bonds is 10. The molecule has 4 heteroatoms. The van der Waals surface area contributed by atoms with E-state index < -0.39 is 0 Å². The predicted octanol–water partition coefficient (Wildman–Crippen LogP) is 6.72. The van der Waals surface area contributed by atoms with Crippen LogP contribution in [0.2, 0.25) is 10.0 Å². The normalized spacial score (nSPS) is 12.4. The van der Waals surface area contributed by atoms with Crippen LogP contribution in [0.5, 0.6) is 0 Å². The lowest BCUT2D eigenvalue weighted by Crippen LogP contribution is -2.06. The Morgan fingerprint density at radius 3 is 2.57 bits per heavy atom. The lowest BCUT2D eigenvalue weighted by Gasteiger charge is -2.17. The Bertz CT molecular complexity index is 448. The van der Waals surface area contributed by atoms with Gasteiger partial charge >= 0.3 is 0 Å². The first kappa shape index (κ1) is 18.9. The average molecular weight is 347 g/mol. The molecule has 0 amide bonds. The third-order valence-corrected chi connectivity index (χ3v) is 5.12. The smallest absolute Gasteiger partial charge is 0.134 e. The molecule has 118 valence electrons. The molecule has 0 radical (unpaired) electrons. The zero-order valence-corrected chi connectivity index (χ0v) is 15.2. The Hall–Kier alpha value is -0.180. The summed E-state index contributed by atoms with van der Waals surface area (Å²) in [7, 11) is 0. The van der Waals surface area contributed by atoms with Gasteiger partial charge in [0.1, 0.15) is 5.78 Å². The summed E-state index contributed by atoms with van der Waals surface area (Å²) in [6, 6.07) is 5.55. The van der Waals surface area contributed by atoms with Gasteiger partial charge in [0.15, 0.2) is 0 Å². The second-order valence-electron chi connectivity index (χ2n) is 5.16. The number of hydrogen-bond donors (Lipinski definition) is 0. The van der Waals surface area contributed by atoms with Crippen molar-refractivity contribution in [3.8, 4) is 0 Å². The molecule has 0 heterocycles. The van der Waals surface area contributed by atoms with Crippen LogP contribution < -0.4 is 0 Å². The summed E-state index contributed by atoms with van der Waals surface area (Å²) in [5.74, 6) is 1.30. The van der Waals surface area contributed by atoms with E-state index in [0.717, 1.165) is 24.2 Å². The minimum absolute atomic E-state index is 0.137. The van der Waals surface area contributed by atoms with Crippen molar-refractivity contribution in [2.45, 2.75) is 57.6 Å². The van der Waals surface area contributed by atoms with Crippen LogP contribution in [0.3, 0.4) is 0 Å². The van der Waals surface area contributed by atoms with Gasteiger partial charge in [0, 0.05) is 28.1 Å². The average Bonchev–Trinajstić information content (AvgIpc) is 2.43. The Morgan fingerprint density at radius 1 is 1.19 bits per heavy atom. The number of unbranched alkanes of at least 4 members (excludes halogenated alkanes) is 3. The summed E-state index contributed by atoms with van der Waals surface area (Å²) in [5, 5.41) is 1.43. The van der Waals surface area contributed by atoms with Gasteiger partial charge in [-0.3, -0.25) is 4.79 Å². The van der Waals surface area contributed by atoms with E-state index >= 15 is 0 Å². The van der Waals surface area contributed by atoms with E-state index in [9.17, 15) is 4.79 Å². The van der Waals surface area contributed by atoms with Crippen LogP contribution in [0.15, 0.2) is 18.2 Å². The number of Topliss-reactive ketones (excluding diaryl/α,β-unsaturated/α-hetero) is 1. The summed E-state index contributed by atoms with van der Waals surface area (Å²) in [5.41, 5.74) is 1.02. The maximum absolute atomic E-state index is 12.2. The van der Waals surface area contributed by atoms with Gasteiger partial charge < -0.3 is 0 Å². The number of hydrogen-bond acceptors (Lipinski definition) is 2. The maximum Gasteiger partial charge on any atom is 0.134 e. The van der Waals surface area contributed by atoms with Crippen LogP contribution in [0.4, 0.5) is 0 Å². The molecule has 0 bridgehead atoms. The number of carbonyl (C=O) groups is 1. The van der Waals surface area contributed by atoms with Crippen LogP contribution >= 0.6 is 35.0 Å². The molecule has 0 aliphatic heterocycles. The molecule has 1 rings (SSSR count). The molecule has 0 aromatic heterocycles. The molecule has 0 saturated heterocycles. The van der Waals surface area contributed by atoms with E-state index in [1.807, 2.05) is 12.1 Å². The van der Waals surface area contributed by atoms with Gasteiger partial charge in [-0.25, -0.2) is 0 Å². The van der Waals surface area contributed by atoms with Gasteiger partial charge in [-0.15, -0.1) is 0 Å². The molecule has 0 unspecified atom stereocenters. The quantitative estimate of drug-likeness (QED) is 0.437. The second kappa shape index (κ2) is 10.5. The fraction of sp³-hybridized carbons (Fsp3) is 0.588. The monoisotopic (exact) mass is 346 g/mol. The lowest BCUT2D eigenvalue weighted by molar-refractivity contribution is -0.119. The summed E-state index contributed by atoms with van der Waals surface area (Å²) in [6.45, 7) is 4.28. The maximum atomic E-state index is 12.2. The Kier molecular flexibility index (Phi) is 9.46. The highest BCUT2D eigenvalue weighted by molar-refractivity contribution is 7.99. The van der Waals surface area contributed by atoms with E-state index in [2.05, 4.69) is 13.8 Å².